The van der Waals surface area contributed by atoms with Gasteiger partial charge < -0.3 is 14.5 Å². The largest absolute Gasteiger partial charge is 0.451 e. The molecule has 26 heavy (non-hydrogen) atoms. The SMILES string of the molecule is Cc1ccc(-c2nnc([C@@H](C)OC(=O)CNC(=O)c3cccs3)o2)cc1. The average molecular weight is 371 g/mol. The Morgan fingerprint density at radius 3 is 2.69 bits per heavy atom. The highest BCUT2D eigenvalue weighted by molar-refractivity contribution is 7.12. The van der Waals surface area contributed by atoms with Crippen molar-refractivity contribution in [2.45, 2.75) is 20.0 Å². The fourth-order valence-corrected chi connectivity index (χ4v) is 2.79. The first-order valence-corrected chi connectivity index (χ1v) is 8.82. The molecule has 134 valence electrons. The number of carbonyl (C=O) groups excluding carboxylic acids is 2. The van der Waals surface area contributed by atoms with Crippen molar-refractivity contribution >= 4 is 23.2 Å². The van der Waals surface area contributed by atoms with E-state index in [9.17, 15) is 9.59 Å². The van der Waals surface area contributed by atoms with E-state index < -0.39 is 12.1 Å². The van der Waals surface area contributed by atoms with E-state index in [-0.39, 0.29) is 18.3 Å². The van der Waals surface area contributed by atoms with E-state index >= 15 is 0 Å². The summed E-state index contributed by atoms with van der Waals surface area (Å²) in [5, 5.41) is 12.2. The third kappa shape index (κ3) is 4.34. The zero-order valence-electron chi connectivity index (χ0n) is 14.3. The van der Waals surface area contributed by atoms with E-state index in [0.717, 1.165) is 11.1 Å². The van der Waals surface area contributed by atoms with Gasteiger partial charge in [-0.15, -0.1) is 21.5 Å². The van der Waals surface area contributed by atoms with Crippen LogP contribution in [0.25, 0.3) is 11.5 Å². The summed E-state index contributed by atoms with van der Waals surface area (Å²) in [4.78, 5) is 24.2. The number of aromatic nitrogens is 2. The van der Waals surface area contributed by atoms with Gasteiger partial charge in [0.15, 0.2) is 6.10 Å². The molecule has 0 aliphatic heterocycles. The Bertz CT molecular complexity index is 888. The van der Waals surface area contributed by atoms with Gasteiger partial charge in [-0.25, -0.2) is 0 Å². The van der Waals surface area contributed by atoms with Crippen LogP contribution in [0, 0.1) is 6.92 Å². The number of hydrogen-bond acceptors (Lipinski definition) is 7. The molecule has 0 bridgehead atoms. The van der Waals surface area contributed by atoms with Crippen molar-refractivity contribution < 1.29 is 18.7 Å². The maximum Gasteiger partial charge on any atom is 0.326 e. The first-order chi connectivity index (χ1) is 12.5. The number of aryl methyl sites for hydroxylation is 1. The van der Waals surface area contributed by atoms with E-state index in [4.69, 9.17) is 9.15 Å². The summed E-state index contributed by atoms with van der Waals surface area (Å²) in [7, 11) is 0. The van der Waals surface area contributed by atoms with Gasteiger partial charge in [-0.2, -0.15) is 0 Å². The van der Waals surface area contributed by atoms with Gasteiger partial charge in [0, 0.05) is 5.56 Å². The standard InChI is InChI=1S/C18H17N3O4S/c1-11-5-7-13(8-6-11)18-21-20-17(25-18)12(2)24-15(22)10-19-16(23)14-4-3-9-26-14/h3-9,12H,10H2,1-2H3,(H,19,23)/t12-/m1/s1. The molecule has 0 aliphatic carbocycles. The van der Waals surface area contributed by atoms with E-state index in [1.165, 1.54) is 11.3 Å². The quantitative estimate of drug-likeness (QED) is 0.669. The minimum atomic E-state index is -0.715. The molecule has 0 spiro atoms. The molecule has 3 aromatic rings. The highest BCUT2D eigenvalue weighted by Crippen LogP contribution is 2.22. The first-order valence-electron chi connectivity index (χ1n) is 7.94. The Morgan fingerprint density at radius 2 is 2.00 bits per heavy atom. The number of nitrogens with one attached hydrogen (secondary N) is 1. The van der Waals surface area contributed by atoms with Gasteiger partial charge in [0.05, 0.1) is 4.88 Å². The van der Waals surface area contributed by atoms with Crippen LogP contribution in [0.5, 0.6) is 0 Å². The van der Waals surface area contributed by atoms with E-state index in [1.54, 1.807) is 24.4 Å². The van der Waals surface area contributed by atoms with Crippen molar-refractivity contribution in [3.8, 4) is 11.5 Å². The number of hydrogen-bond donors (Lipinski definition) is 1. The Balaban J connectivity index is 1.54. The molecule has 0 aliphatic rings. The zero-order valence-corrected chi connectivity index (χ0v) is 15.1. The normalized spacial score (nSPS) is 11.8. The van der Waals surface area contributed by atoms with Gasteiger partial charge in [0.2, 0.25) is 5.89 Å². The Labute approximate surface area is 154 Å². The molecule has 0 saturated heterocycles. The fraction of sp³-hybridized carbons (Fsp3) is 0.222. The summed E-state index contributed by atoms with van der Waals surface area (Å²) in [6.07, 6.45) is -0.715. The smallest absolute Gasteiger partial charge is 0.326 e. The van der Waals surface area contributed by atoms with Crippen LogP contribution in [0.1, 0.15) is 34.2 Å². The van der Waals surface area contributed by atoms with E-state index in [2.05, 4.69) is 15.5 Å². The van der Waals surface area contributed by atoms with Crippen molar-refractivity contribution in [2.75, 3.05) is 6.54 Å². The van der Waals surface area contributed by atoms with Crippen LogP contribution in [0.4, 0.5) is 0 Å². The summed E-state index contributed by atoms with van der Waals surface area (Å²) in [5.41, 5.74) is 1.91. The molecule has 0 unspecified atom stereocenters. The first kappa shape index (κ1) is 17.8. The van der Waals surface area contributed by atoms with Crippen LogP contribution < -0.4 is 5.32 Å². The van der Waals surface area contributed by atoms with Crippen LogP contribution in [-0.4, -0.2) is 28.6 Å². The van der Waals surface area contributed by atoms with Crippen molar-refractivity contribution in [3.05, 3.63) is 58.1 Å². The molecular weight excluding hydrogens is 354 g/mol. The van der Waals surface area contributed by atoms with Crippen molar-refractivity contribution in [2.24, 2.45) is 0 Å². The molecule has 3 rings (SSSR count). The highest BCUT2D eigenvalue weighted by Gasteiger charge is 2.19. The van der Waals surface area contributed by atoms with Gasteiger partial charge in [0.1, 0.15) is 6.54 Å². The molecule has 8 heteroatoms. The number of carbonyl (C=O) groups is 2. The van der Waals surface area contributed by atoms with Crippen LogP contribution in [0.15, 0.2) is 46.2 Å². The second-order valence-corrected chi connectivity index (χ2v) is 6.55. The molecule has 0 saturated carbocycles. The third-order valence-corrected chi connectivity index (χ3v) is 4.40. The zero-order chi connectivity index (χ0) is 18.5. The van der Waals surface area contributed by atoms with Crippen LogP contribution in [0.2, 0.25) is 0 Å². The molecule has 1 atom stereocenters. The predicted octanol–water partition coefficient (Wildman–Crippen LogP) is 3.14. The van der Waals surface area contributed by atoms with Crippen molar-refractivity contribution in [1.82, 2.24) is 15.5 Å². The summed E-state index contributed by atoms with van der Waals surface area (Å²) >= 11 is 1.30. The Hall–Kier alpha value is -3.00. The Kier molecular flexibility index (Phi) is 5.43. The fourth-order valence-electron chi connectivity index (χ4n) is 2.15. The molecular formula is C18H17N3O4S. The number of benzene rings is 1. The second-order valence-electron chi connectivity index (χ2n) is 5.60. The molecule has 0 radical (unpaired) electrons. The number of nitrogens with zero attached hydrogens (tertiary/aromatic N) is 2. The number of rotatable bonds is 6. The summed E-state index contributed by atoms with van der Waals surface area (Å²) < 4.78 is 10.8. The molecule has 1 amide bonds. The maximum atomic E-state index is 11.9. The minimum Gasteiger partial charge on any atom is -0.451 e. The van der Waals surface area contributed by atoms with Crippen molar-refractivity contribution in [3.63, 3.8) is 0 Å². The van der Waals surface area contributed by atoms with Crippen LogP contribution >= 0.6 is 11.3 Å². The van der Waals surface area contributed by atoms with E-state index in [0.29, 0.717) is 10.8 Å². The number of esters is 1. The second kappa shape index (κ2) is 7.92. The maximum absolute atomic E-state index is 11.9. The van der Waals surface area contributed by atoms with Crippen LogP contribution in [0.3, 0.4) is 0 Å². The lowest BCUT2D eigenvalue weighted by atomic mass is 10.1. The molecule has 2 aromatic heterocycles. The Morgan fingerprint density at radius 1 is 1.23 bits per heavy atom. The molecule has 1 aromatic carbocycles. The monoisotopic (exact) mass is 371 g/mol. The molecule has 0 fully saturated rings. The molecule has 7 nitrogen and oxygen atoms in total. The molecule has 1 N–H and O–H groups in total. The third-order valence-electron chi connectivity index (χ3n) is 3.53. The lowest BCUT2D eigenvalue weighted by Crippen LogP contribution is -2.30. The van der Waals surface area contributed by atoms with Crippen LogP contribution in [-0.2, 0) is 9.53 Å². The number of thiophene rings is 1. The van der Waals surface area contributed by atoms with Crippen molar-refractivity contribution in [1.29, 1.82) is 0 Å². The summed E-state index contributed by atoms with van der Waals surface area (Å²) in [5.74, 6) is -0.353. The molecule has 2 heterocycles. The van der Waals surface area contributed by atoms with Gasteiger partial charge in [-0.3, -0.25) is 9.59 Å². The van der Waals surface area contributed by atoms with Gasteiger partial charge in [-0.1, -0.05) is 23.8 Å². The number of ether oxygens (including phenoxy) is 1. The van der Waals surface area contributed by atoms with Gasteiger partial charge in [-0.05, 0) is 37.4 Å². The highest BCUT2D eigenvalue weighted by atomic mass is 32.1. The summed E-state index contributed by atoms with van der Waals surface area (Å²) in [6, 6.07) is 11.1. The van der Waals surface area contributed by atoms with E-state index in [1.807, 2.05) is 31.2 Å². The topological polar surface area (TPSA) is 94.3 Å². The number of amides is 1. The average Bonchev–Trinajstić information content (AvgIpc) is 3.32. The lowest BCUT2D eigenvalue weighted by molar-refractivity contribution is -0.148. The lowest BCUT2D eigenvalue weighted by Gasteiger charge is -2.09. The van der Waals surface area contributed by atoms with Gasteiger partial charge in [0.25, 0.3) is 11.8 Å². The predicted molar refractivity (Wildman–Crippen MR) is 95.6 cm³/mol. The van der Waals surface area contributed by atoms with Gasteiger partial charge >= 0.3 is 5.97 Å². The minimum absolute atomic E-state index is 0.193. The summed E-state index contributed by atoms with van der Waals surface area (Å²) in [6.45, 7) is 3.38.